The molecule has 150 valence electrons. The minimum absolute atomic E-state index is 0.112. The van der Waals surface area contributed by atoms with Crippen molar-refractivity contribution in [1.82, 2.24) is 0 Å². The summed E-state index contributed by atoms with van der Waals surface area (Å²) < 4.78 is 9.94. The molecule has 7 nitrogen and oxygen atoms in total. The summed E-state index contributed by atoms with van der Waals surface area (Å²) in [7, 11) is 2.67. The molecule has 1 aliphatic rings. The number of ether oxygens (including phenoxy) is 2. The number of fused-ring (bicyclic) bond motifs is 1. The van der Waals surface area contributed by atoms with Gasteiger partial charge in [0.25, 0.3) is 0 Å². The van der Waals surface area contributed by atoms with Crippen LogP contribution in [0, 0.1) is 0 Å². The van der Waals surface area contributed by atoms with Gasteiger partial charge in [-0.1, -0.05) is 30.3 Å². The lowest BCUT2D eigenvalue weighted by Crippen LogP contribution is -2.28. The van der Waals surface area contributed by atoms with Gasteiger partial charge in [-0.05, 0) is 17.7 Å². The van der Waals surface area contributed by atoms with Gasteiger partial charge in [-0.25, -0.2) is 0 Å². The lowest BCUT2D eigenvalue weighted by molar-refractivity contribution is -0.140. The monoisotopic (exact) mass is 396 g/mol. The van der Waals surface area contributed by atoms with Gasteiger partial charge in [0.05, 0.1) is 32.8 Å². The molecule has 0 bridgehead atoms. The summed E-state index contributed by atoms with van der Waals surface area (Å²) in [5, 5.41) is 20.5. The van der Waals surface area contributed by atoms with Crippen LogP contribution in [0.3, 0.4) is 0 Å². The molecule has 0 spiro atoms. The molecule has 29 heavy (non-hydrogen) atoms. The molecule has 2 N–H and O–H groups in total. The predicted molar refractivity (Wildman–Crippen MR) is 104 cm³/mol. The van der Waals surface area contributed by atoms with E-state index < -0.39 is 23.5 Å². The van der Waals surface area contributed by atoms with Crippen LogP contribution in [0.25, 0.3) is 5.76 Å². The van der Waals surface area contributed by atoms with Gasteiger partial charge in [0.1, 0.15) is 11.5 Å². The van der Waals surface area contributed by atoms with Crippen molar-refractivity contribution in [2.45, 2.75) is 18.9 Å². The molecule has 2 aromatic rings. The minimum Gasteiger partial charge on any atom is -0.507 e. The first-order valence-electron chi connectivity index (χ1n) is 8.89. The molecule has 0 saturated carbocycles. The zero-order chi connectivity index (χ0) is 21.1. The van der Waals surface area contributed by atoms with E-state index in [4.69, 9.17) is 9.47 Å². The summed E-state index contributed by atoms with van der Waals surface area (Å²) >= 11 is 0. The Morgan fingerprint density at radius 2 is 1.72 bits per heavy atom. The smallest absolute Gasteiger partial charge is 0.306 e. The number of benzene rings is 2. The van der Waals surface area contributed by atoms with Crippen LogP contribution < -0.4 is 4.74 Å². The van der Waals surface area contributed by atoms with E-state index in [1.54, 1.807) is 30.3 Å². The number of hydrogen-bond donors (Lipinski definition) is 2. The molecule has 7 heteroatoms. The van der Waals surface area contributed by atoms with Crippen LogP contribution >= 0.6 is 0 Å². The maximum absolute atomic E-state index is 12.9. The van der Waals surface area contributed by atoms with E-state index in [1.807, 2.05) is 0 Å². The number of Topliss-reactive ketones (excluding diaryl/α,β-unsaturated/α-hetero) is 2. The number of hydrogen-bond acceptors (Lipinski definition) is 7. The fraction of sp³-hybridized carbons (Fsp3) is 0.227. The summed E-state index contributed by atoms with van der Waals surface area (Å²) in [5.74, 6) is -3.10. The number of aliphatic hydroxyl groups excluding tert-OH is 2. The van der Waals surface area contributed by atoms with Crippen LogP contribution in [-0.4, -0.2) is 42.0 Å². The van der Waals surface area contributed by atoms with E-state index in [1.165, 1.54) is 26.4 Å². The highest BCUT2D eigenvalue weighted by atomic mass is 16.5. The van der Waals surface area contributed by atoms with Gasteiger partial charge in [0.2, 0.25) is 11.6 Å². The van der Waals surface area contributed by atoms with Gasteiger partial charge < -0.3 is 19.7 Å². The number of rotatable bonds is 6. The van der Waals surface area contributed by atoms with Crippen LogP contribution in [0.2, 0.25) is 0 Å². The van der Waals surface area contributed by atoms with E-state index >= 15 is 0 Å². The quantitative estimate of drug-likeness (QED) is 0.570. The molecule has 0 aromatic heterocycles. The van der Waals surface area contributed by atoms with Crippen molar-refractivity contribution in [1.29, 1.82) is 0 Å². The van der Waals surface area contributed by atoms with Crippen molar-refractivity contribution < 1.29 is 34.1 Å². The topological polar surface area (TPSA) is 110 Å². The first-order valence-corrected chi connectivity index (χ1v) is 8.89. The largest absolute Gasteiger partial charge is 0.507 e. The summed E-state index contributed by atoms with van der Waals surface area (Å²) in [6.07, 6.45) is -0.270. The van der Waals surface area contributed by atoms with E-state index in [-0.39, 0.29) is 35.5 Å². The summed E-state index contributed by atoms with van der Waals surface area (Å²) in [6, 6.07) is 11.0. The second-order valence-electron chi connectivity index (χ2n) is 6.53. The molecule has 0 heterocycles. The van der Waals surface area contributed by atoms with E-state index in [9.17, 15) is 24.6 Å². The fourth-order valence-corrected chi connectivity index (χ4v) is 3.48. The molecule has 0 saturated heterocycles. The molecule has 0 fully saturated rings. The van der Waals surface area contributed by atoms with E-state index in [2.05, 4.69) is 0 Å². The first kappa shape index (κ1) is 20.3. The van der Waals surface area contributed by atoms with Crippen LogP contribution in [0.15, 0.2) is 48.0 Å². The van der Waals surface area contributed by atoms with Gasteiger partial charge in [-0.3, -0.25) is 14.4 Å². The zero-order valence-corrected chi connectivity index (χ0v) is 16.0. The second kappa shape index (κ2) is 8.28. The fourth-order valence-electron chi connectivity index (χ4n) is 3.48. The van der Waals surface area contributed by atoms with Crippen molar-refractivity contribution in [3.63, 3.8) is 0 Å². The molecular formula is C22H20O7. The van der Waals surface area contributed by atoms with Gasteiger partial charge in [-0.15, -0.1) is 0 Å². The molecule has 1 atom stereocenters. The molecule has 1 aliphatic carbocycles. The lowest BCUT2D eigenvalue weighted by atomic mass is 9.78. The lowest BCUT2D eigenvalue weighted by Gasteiger charge is -2.25. The van der Waals surface area contributed by atoms with Crippen LogP contribution in [0.5, 0.6) is 5.75 Å². The molecule has 0 radical (unpaired) electrons. The van der Waals surface area contributed by atoms with Crippen molar-refractivity contribution in [3.8, 4) is 5.75 Å². The first-order chi connectivity index (χ1) is 13.9. The van der Waals surface area contributed by atoms with Crippen molar-refractivity contribution >= 4 is 23.3 Å². The van der Waals surface area contributed by atoms with E-state index in [0.29, 0.717) is 16.9 Å². The molecule has 0 unspecified atom stereocenters. The summed E-state index contributed by atoms with van der Waals surface area (Å²) in [6.45, 7) is -0.331. The Labute approximate surface area is 167 Å². The maximum Gasteiger partial charge on any atom is 0.306 e. The summed E-state index contributed by atoms with van der Waals surface area (Å²) in [5.41, 5.74) is 1.07. The van der Waals surface area contributed by atoms with Crippen LogP contribution in [0.1, 0.15) is 39.4 Å². The van der Waals surface area contributed by atoms with E-state index in [0.717, 1.165) is 0 Å². The number of carbonyl (C=O) groups is 3. The van der Waals surface area contributed by atoms with Gasteiger partial charge in [0, 0.05) is 22.6 Å². The Bertz CT molecular complexity index is 1020. The summed E-state index contributed by atoms with van der Waals surface area (Å²) in [4.78, 5) is 37.5. The SMILES string of the molecule is COC(=O)C[C@H](C1=C(O)c2ccccc2C(=O)C1=O)c1ccc(OC)c(CO)c1. The number of aliphatic hydroxyl groups is 2. The highest BCUT2D eigenvalue weighted by Crippen LogP contribution is 2.39. The Kier molecular flexibility index (Phi) is 5.79. The van der Waals surface area contributed by atoms with Gasteiger partial charge in [-0.2, -0.15) is 0 Å². The normalized spacial score (nSPS) is 14.4. The standard InChI is InChI=1S/C22H20O7/c1-28-17-8-7-12(9-13(17)11-23)16(10-18(24)29-2)19-20(25)14-5-3-4-6-15(14)21(26)22(19)27/h3-9,16,23,25H,10-11H2,1-2H3/t16-/m0/s1. The highest BCUT2D eigenvalue weighted by molar-refractivity contribution is 6.52. The van der Waals surface area contributed by atoms with Crippen LogP contribution in [-0.2, 0) is 20.9 Å². The predicted octanol–water partition coefficient (Wildman–Crippen LogP) is 2.57. The van der Waals surface area contributed by atoms with Gasteiger partial charge >= 0.3 is 5.97 Å². The van der Waals surface area contributed by atoms with Crippen LogP contribution in [0.4, 0.5) is 0 Å². The van der Waals surface area contributed by atoms with Crippen molar-refractivity contribution in [3.05, 3.63) is 70.3 Å². The molecule has 0 aliphatic heterocycles. The second-order valence-corrected chi connectivity index (χ2v) is 6.53. The molecule has 3 rings (SSSR count). The average Bonchev–Trinajstić information content (AvgIpc) is 2.76. The number of allylic oxidation sites excluding steroid dienone is 1. The van der Waals surface area contributed by atoms with Crippen molar-refractivity contribution in [2.75, 3.05) is 14.2 Å². The Hall–Kier alpha value is -3.45. The Morgan fingerprint density at radius 1 is 1.03 bits per heavy atom. The highest BCUT2D eigenvalue weighted by Gasteiger charge is 2.38. The number of carbonyl (C=O) groups excluding carboxylic acids is 3. The Balaban J connectivity index is 2.21. The third kappa shape index (κ3) is 3.64. The third-order valence-corrected chi connectivity index (χ3v) is 4.96. The average molecular weight is 396 g/mol. The van der Waals surface area contributed by atoms with Crippen molar-refractivity contribution in [2.24, 2.45) is 0 Å². The molecule has 2 aromatic carbocycles. The molecule has 0 amide bonds. The number of methoxy groups -OCH3 is 2. The molecular weight excluding hydrogens is 376 g/mol. The third-order valence-electron chi connectivity index (χ3n) is 4.96. The number of esters is 1. The minimum atomic E-state index is -0.941. The zero-order valence-electron chi connectivity index (χ0n) is 16.0. The number of ketones is 2. The maximum atomic E-state index is 12.9. The van der Waals surface area contributed by atoms with Gasteiger partial charge in [0.15, 0.2) is 0 Å². The Morgan fingerprint density at radius 3 is 2.34 bits per heavy atom.